The van der Waals surface area contributed by atoms with Crippen molar-refractivity contribution in [2.45, 2.75) is 39.0 Å². The van der Waals surface area contributed by atoms with Crippen LogP contribution >= 0.6 is 0 Å². The number of ether oxygens (including phenoxy) is 1. The van der Waals surface area contributed by atoms with Crippen LogP contribution in [0, 0.1) is 17.8 Å². The number of piperidine rings is 1. The zero-order valence-corrected chi connectivity index (χ0v) is 11.2. The van der Waals surface area contributed by atoms with Crippen LogP contribution in [-0.2, 0) is 9.53 Å². The van der Waals surface area contributed by atoms with E-state index in [2.05, 4.69) is 11.8 Å². The average Bonchev–Trinajstić information content (AvgIpc) is 2.32. The Labute approximate surface area is 105 Å². The van der Waals surface area contributed by atoms with Gasteiger partial charge in [0.05, 0.1) is 0 Å². The summed E-state index contributed by atoms with van der Waals surface area (Å²) in [4.78, 5) is 14.2. The number of hydrogen-bond donors (Lipinski definition) is 0. The summed E-state index contributed by atoms with van der Waals surface area (Å²) in [6, 6.07) is 0. The summed E-state index contributed by atoms with van der Waals surface area (Å²) >= 11 is 0. The van der Waals surface area contributed by atoms with Crippen molar-refractivity contribution in [1.82, 2.24) is 4.90 Å². The Hall–Kier alpha value is -0.570. The molecule has 2 rings (SSSR count). The van der Waals surface area contributed by atoms with Gasteiger partial charge in [0.2, 0.25) is 5.91 Å². The first-order valence-corrected chi connectivity index (χ1v) is 6.98. The molecule has 1 saturated heterocycles. The molecule has 0 aromatic rings. The summed E-state index contributed by atoms with van der Waals surface area (Å²) in [7, 11) is 1.76. The zero-order valence-electron chi connectivity index (χ0n) is 11.2. The Kier molecular flexibility index (Phi) is 4.43. The van der Waals surface area contributed by atoms with Crippen molar-refractivity contribution in [3.05, 3.63) is 0 Å². The molecular weight excluding hydrogens is 214 g/mol. The molecule has 0 radical (unpaired) electrons. The fourth-order valence-corrected chi connectivity index (χ4v) is 3.09. The van der Waals surface area contributed by atoms with Crippen LogP contribution in [0.25, 0.3) is 0 Å². The van der Waals surface area contributed by atoms with E-state index in [4.69, 9.17) is 4.74 Å². The molecule has 2 aliphatic rings. The number of amides is 1. The number of carbonyl (C=O) groups excluding carboxylic acids is 1. The monoisotopic (exact) mass is 239 g/mol. The highest BCUT2D eigenvalue weighted by molar-refractivity contribution is 5.79. The molecule has 17 heavy (non-hydrogen) atoms. The molecule has 0 spiro atoms. The van der Waals surface area contributed by atoms with Crippen LogP contribution < -0.4 is 0 Å². The highest BCUT2D eigenvalue weighted by Crippen LogP contribution is 2.35. The van der Waals surface area contributed by atoms with Gasteiger partial charge in [-0.25, -0.2) is 0 Å². The number of methoxy groups -OCH3 is 1. The van der Waals surface area contributed by atoms with Crippen LogP contribution in [0.1, 0.15) is 39.0 Å². The molecule has 0 aromatic heterocycles. The van der Waals surface area contributed by atoms with Crippen molar-refractivity contribution < 1.29 is 9.53 Å². The predicted molar refractivity (Wildman–Crippen MR) is 67.7 cm³/mol. The van der Waals surface area contributed by atoms with E-state index in [0.29, 0.717) is 11.8 Å². The van der Waals surface area contributed by atoms with Crippen molar-refractivity contribution >= 4 is 5.91 Å². The Morgan fingerprint density at radius 2 is 1.94 bits per heavy atom. The summed E-state index contributed by atoms with van der Waals surface area (Å²) < 4.78 is 5.11. The third-order valence-corrected chi connectivity index (χ3v) is 4.38. The van der Waals surface area contributed by atoms with E-state index in [1.165, 1.54) is 0 Å². The second-order valence-corrected chi connectivity index (χ2v) is 5.82. The van der Waals surface area contributed by atoms with E-state index in [-0.39, 0.29) is 0 Å². The molecule has 1 aliphatic carbocycles. The van der Waals surface area contributed by atoms with Crippen LogP contribution in [0.4, 0.5) is 0 Å². The van der Waals surface area contributed by atoms with Gasteiger partial charge in [-0.2, -0.15) is 0 Å². The van der Waals surface area contributed by atoms with Crippen LogP contribution in [0.2, 0.25) is 0 Å². The van der Waals surface area contributed by atoms with Crippen molar-refractivity contribution in [2.24, 2.45) is 17.8 Å². The van der Waals surface area contributed by atoms with Gasteiger partial charge in [0.25, 0.3) is 0 Å². The van der Waals surface area contributed by atoms with Gasteiger partial charge in [-0.05, 0) is 43.9 Å². The molecule has 1 aliphatic heterocycles. The van der Waals surface area contributed by atoms with Crippen LogP contribution in [0.5, 0.6) is 0 Å². The van der Waals surface area contributed by atoms with Gasteiger partial charge < -0.3 is 9.64 Å². The van der Waals surface area contributed by atoms with E-state index in [1.807, 2.05) is 0 Å². The van der Waals surface area contributed by atoms with Crippen molar-refractivity contribution in [3.63, 3.8) is 0 Å². The lowest BCUT2D eigenvalue weighted by Gasteiger charge is -2.39. The van der Waals surface area contributed by atoms with Crippen molar-refractivity contribution in [2.75, 3.05) is 26.8 Å². The molecular formula is C14H25NO2. The fourth-order valence-electron chi connectivity index (χ4n) is 3.09. The lowest BCUT2D eigenvalue weighted by Crippen LogP contribution is -2.45. The first-order chi connectivity index (χ1) is 8.20. The smallest absolute Gasteiger partial charge is 0.225 e. The first kappa shape index (κ1) is 12.9. The maximum absolute atomic E-state index is 12.1. The minimum absolute atomic E-state index is 0.348. The molecule has 1 amide bonds. The predicted octanol–water partition coefficient (Wildman–Crippen LogP) is 2.31. The first-order valence-electron chi connectivity index (χ1n) is 6.98. The average molecular weight is 239 g/mol. The quantitative estimate of drug-likeness (QED) is 0.753. The highest BCUT2D eigenvalue weighted by Gasteiger charge is 2.35. The van der Waals surface area contributed by atoms with Gasteiger partial charge in [0.15, 0.2) is 0 Å². The third kappa shape index (κ3) is 3.21. The van der Waals surface area contributed by atoms with E-state index in [1.54, 1.807) is 7.11 Å². The molecule has 3 nitrogen and oxygen atoms in total. The summed E-state index contributed by atoms with van der Waals surface area (Å²) in [5.74, 6) is 2.30. The molecule has 0 N–H and O–H groups in total. The lowest BCUT2D eigenvalue weighted by atomic mass is 9.75. The molecule has 1 heterocycles. The van der Waals surface area contributed by atoms with Gasteiger partial charge in [-0.15, -0.1) is 0 Å². The van der Waals surface area contributed by atoms with Crippen LogP contribution in [0.3, 0.4) is 0 Å². The Bertz CT molecular complexity index is 253. The second kappa shape index (κ2) is 5.85. The third-order valence-electron chi connectivity index (χ3n) is 4.38. The molecule has 0 unspecified atom stereocenters. The molecule has 0 atom stereocenters. The number of nitrogens with zero attached hydrogens (tertiary/aromatic N) is 1. The minimum Gasteiger partial charge on any atom is -0.385 e. The fraction of sp³-hybridized carbons (Fsp3) is 0.929. The Balaban J connectivity index is 1.69. The van der Waals surface area contributed by atoms with Gasteiger partial charge in [0.1, 0.15) is 0 Å². The highest BCUT2D eigenvalue weighted by atomic mass is 16.5. The molecule has 2 fully saturated rings. The van der Waals surface area contributed by atoms with Crippen LogP contribution in [0.15, 0.2) is 0 Å². The summed E-state index contributed by atoms with van der Waals surface area (Å²) in [6.45, 7) is 5.04. The molecule has 0 bridgehead atoms. The van der Waals surface area contributed by atoms with Gasteiger partial charge in [-0.3, -0.25) is 4.79 Å². The lowest BCUT2D eigenvalue weighted by molar-refractivity contribution is -0.141. The van der Waals surface area contributed by atoms with Crippen molar-refractivity contribution in [3.8, 4) is 0 Å². The summed E-state index contributed by atoms with van der Waals surface area (Å²) in [5, 5.41) is 0. The Morgan fingerprint density at radius 3 is 2.47 bits per heavy atom. The Morgan fingerprint density at radius 1 is 1.29 bits per heavy atom. The molecule has 0 aromatic carbocycles. The molecule has 3 heteroatoms. The number of carbonyl (C=O) groups is 1. The second-order valence-electron chi connectivity index (χ2n) is 5.82. The van der Waals surface area contributed by atoms with E-state index in [0.717, 1.165) is 63.6 Å². The molecule has 1 saturated carbocycles. The SMILES string of the molecule is COCCC1CCN(C(=O)C2CC(C)C2)CC1. The van der Waals surface area contributed by atoms with Crippen molar-refractivity contribution in [1.29, 1.82) is 0 Å². The largest absolute Gasteiger partial charge is 0.385 e. The summed E-state index contributed by atoms with van der Waals surface area (Å²) in [6.07, 6.45) is 5.71. The zero-order chi connectivity index (χ0) is 12.3. The van der Waals surface area contributed by atoms with E-state index >= 15 is 0 Å². The van der Waals surface area contributed by atoms with Gasteiger partial charge >= 0.3 is 0 Å². The maximum atomic E-state index is 12.1. The normalized spacial score (nSPS) is 30.1. The van der Waals surface area contributed by atoms with E-state index in [9.17, 15) is 4.79 Å². The number of hydrogen-bond acceptors (Lipinski definition) is 2. The minimum atomic E-state index is 0.348. The number of rotatable bonds is 4. The topological polar surface area (TPSA) is 29.5 Å². The van der Waals surface area contributed by atoms with Gasteiger partial charge in [0, 0.05) is 32.7 Å². The maximum Gasteiger partial charge on any atom is 0.225 e. The molecule has 98 valence electrons. The van der Waals surface area contributed by atoms with Gasteiger partial charge in [-0.1, -0.05) is 6.92 Å². The van der Waals surface area contributed by atoms with Crippen LogP contribution in [-0.4, -0.2) is 37.6 Å². The standard InChI is InChI=1S/C14H25NO2/c1-11-9-13(10-11)14(16)15-6-3-12(4-7-15)5-8-17-2/h11-13H,3-10H2,1-2H3. The number of likely N-dealkylation sites (tertiary alicyclic amines) is 1. The van der Waals surface area contributed by atoms with E-state index < -0.39 is 0 Å². The summed E-state index contributed by atoms with van der Waals surface area (Å²) in [5.41, 5.74) is 0.